The molecular weight excluding hydrogens is 326 g/mol. The van der Waals surface area contributed by atoms with E-state index in [0.29, 0.717) is 5.69 Å². The highest BCUT2D eigenvalue weighted by molar-refractivity contribution is 5.95. The molecule has 132 valence electrons. The summed E-state index contributed by atoms with van der Waals surface area (Å²) in [5, 5.41) is 4.85. The van der Waals surface area contributed by atoms with Gasteiger partial charge in [-0.3, -0.25) is 9.59 Å². The molecule has 0 heterocycles. The van der Waals surface area contributed by atoms with Gasteiger partial charge in [0.15, 0.2) is 6.10 Å². The number of carbonyl (C=O) groups excluding carboxylic acids is 2. The number of esters is 1. The van der Waals surface area contributed by atoms with Gasteiger partial charge in [0.05, 0.1) is 6.42 Å². The largest absolute Gasteiger partial charge is 0.452 e. The molecule has 0 aliphatic heterocycles. The van der Waals surface area contributed by atoms with Crippen LogP contribution in [0.5, 0.6) is 0 Å². The molecule has 4 nitrogen and oxygen atoms in total. The molecule has 4 heteroatoms. The number of ether oxygens (including phenoxy) is 1. The smallest absolute Gasteiger partial charge is 0.311 e. The molecule has 1 N–H and O–H groups in total. The number of fused-ring (bicyclic) bond motifs is 1. The number of hydrogen-bond acceptors (Lipinski definition) is 3. The number of aryl methyl sites for hydroxylation is 1. The second-order valence-corrected chi connectivity index (χ2v) is 6.31. The Balaban J connectivity index is 1.62. The van der Waals surface area contributed by atoms with E-state index < -0.39 is 12.1 Å². The van der Waals surface area contributed by atoms with E-state index >= 15 is 0 Å². The molecule has 0 fully saturated rings. The molecule has 1 atom stereocenters. The van der Waals surface area contributed by atoms with Crippen molar-refractivity contribution < 1.29 is 14.3 Å². The zero-order chi connectivity index (χ0) is 18.5. The molecule has 3 aromatic rings. The highest BCUT2D eigenvalue weighted by Crippen LogP contribution is 2.19. The van der Waals surface area contributed by atoms with Crippen molar-refractivity contribution in [3.8, 4) is 0 Å². The number of benzene rings is 3. The molecule has 0 aromatic heterocycles. The fourth-order valence-corrected chi connectivity index (χ4v) is 2.86. The molecule has 3 rings (SSSR count). The number of rotatable bonds is 5. The predicted molar refractivity (Wildman–Crippen MR) is 103 cm³/mol. The first-order chi connectivity index (χ1) is 12.5. The molecule has 0 saturated carbocycles. The predicted octanol–water partition coefficient (Wildman–Crippen LogP) is 4.26. The lowest BCUT2D eigenvalue weighted by atomic mass is 10.0. The van der Waals surface area contributed by atoms with Gasteiger partial charge in [0, 0.05) is 5.69 Å². The van der Waals surface area contributed by atoms with E-state index in [-0.39, 0.29) is 12.3 Å². The zero-order valence-electron chi connectivity index (χ0n) is 14.9. The third-order valence-corrected chi connectivity index (χ3v) is 4.18. The quantitative estimate of drug-likeness (QED) is 0.702. The molecule has 0 unspecified atom stereocenters. The summed E-state index contributed by atoms with van der Waals surface area (Å²) >= 11 is 0. The van der Waals surface area contributed by atoms with Gasteiger partial charge < -0.3 is 10.1 Å². The topological polar surface area (TPSA) is 55.4 Å². The number of amides is 1. The van der Waals surface area contributed by atoms with E-state index in [1.807, 2.05) is 67.6 Å². The lowest BCUT2D eigenvalue weighted by molar-refractivity contribution is -0.152. The van der Waals surface area contributed by atoms with Crippen molar-refractivity contribution in [1.29, 1.82) is 0 Å². The van der Waals surface area contributed by atoms with Crippen LogP contribution in [0.25, 0.3) is 10.8 Å². The van der Waals surface area contributed by atoms with Crippen molar-refractivity contribution >= 4 is 28.3 Å². The Kier molecular flexibility index (Phi) is 5.32. The van der Waals surface area contributed by atoms with Crippen LogP contribution >= 0.6 is 0 Å². The monoisotopic (exact) mass is 347 g/mol. The van der Waals surface area contributed by atoms with E-state index in [2.05, 4.69) is 5.32 Å². The Bertz CT molecular complexity index is 944. The van der Waals surface area contributed by atoms with Crippen molar-refractivity contribution in [2.75, 3.05) is 5.32 Å². The SMILES string of the molecule is Cc1cccc(NC(=O)[C@H](C)OC(=O)Cc2cccc3ccccc23)c1. The third-order valence-electron chi connectivity index (χ3n) is 4.18. The van der Waals surface area contributed by atoms with Crippen LogP contribution in [0.2, 0.25) is 0 Å². The van der Waals surface area contributed by atoms with Gasteiger partial charge in [0.25, 0.3) is 5.91 Å². The van der Waals surface area contributed by atoms with Crippen molar-refractivity contribution in [3.63, 3.8) is 0 Å². The van der Waals surface area contributed by atoms with E-state index in [9.17, 15) is 9.59 Å². The molecule has 0 radical (unpaired) electrons. The Hall–Kier alpha value is -3.14. The Morgan fingerprint density at radius 3 is 2.54 bits per heavy atom. The minimum atomic E-state index is -0.863. The summed E-state index contributed by atoms with van der Waals surface area (Å²) in [6.07, 6.45) is -0.735. The summed E-state index contributed by atoms with van der Waals surface area (Å²) in [5.41, 5.74) is 2.62. The second kappa shape index (κ2) is 7.83. The van der Waals surface area contributed by atoms with E-state index in [1.165, 1.54) is 0 Å². The average Bonchev–Trinajstić information content (AvgIpc) is 2.62. The summed E-state index contributed by atoms with van der Waals surface area (Å²) in [6, 6.07) is 21.2. The Morgan fingerprint density at radius 2 is 1.73 bits per heavy atom. The Morgan fingerprint density at radius 1 is 1.00 bits per heavy atom. The van der Waals surface area contributed by atoms with Gasteiger partial charge in [0.1, 0.15) is 0 Å². The zero-order valence-corrected chi connectivity index (χ0v) is 14.9. The van der Waals surface area contributed by atoms with Gasteiger partial charge in [-0.2, -0.15) is 0 Å². The maximum absolute atomic E-state index is 12.3. The van der Waals surface area contributed by atoms with E-state index in [4.69, 9.17) is 4.74 Å². The normalized spacial score (nSPS) is 11.8. The summed E-state index contributed by atoms with van der Waals surface area (Å²) in [6.45, 7) is 3.52. The van der Waals surface area contributed by atoms with Crippen LogP contribution in [0.15, 0.2) is 66.7 Å². The van der Waals surface area contributed by atoms with Gasteiger partial charge in [-0.05, 0) is 47.9 Å². The molecule has 0 spiro atoms. The number of hydrogen-bond donors (Lipinski definition) is 1. The van der Waals surface area contributed by atoms with E-state index in [0.717, 1.165) is 21.9 Å². The fraction of sp³-hybridized carbons (Fsp3) is 0.182. The second-order valence-electron chi connectivity index (χ2n) is 6.31. The molecule has 0 saturated heterocycles. The van der Waals surface area contributed by atoms with Crippen molar-refractivity contribution in [3.05, 3.63) is 77.9 Å². The number of anilines is 1. The summed E-state index contributed by atoms with van der Waals surface area (Å²) in [7, 11) is 0. The lowest BCUT2D eigenvalue weighted by Crippen LogP contribution is -2.30. The summed E-state index contributed by atoms with van der Waals surface area (Å²) < 4.78 is 5.32. The van der Waals surface area contributed by atoms with Gasteiger partial charge in [-0.25, -0.2) is 0 Å². The molecule has 1 amide bonds. The highest BCUT2D eigenvalue weighted by atomic mass is 16.5. The molecule has 3 aromatic carbocycles. The van der Waals surface area contributed by atoms with Gasteiger partial charge in [-0.1, -0.05) is 54.6 Å². The summed E-state index contributed by atoms with van der Waals surface area (Å²) in [5.74, 6) is -0.768. The van der Waals surface area contributed by atoms with Crippen LogP contribution in [-0.2, 0) is 20.7 Å². The van der Waals surface area contributed by atoms with E-state index in [1.54, 1.807) is 13.0 Å². The van der Waals surface area contributed by atoms with Crippen molar-refractivity contribution in [1.82, 2.24) is 0 Å². The van der Waals surface area contributed by atoms with Crippen molar-refractivity contribution in [2.45, 2.75) is 26.4 Å². The molecular formula is C22H21NO3. The molecule has 0 aliphatic rings. The van der Waals surface area contributed by atoms with Crippen molar-refractivity contribution in [2.24, 2.45) is 0 Å². The first kappa shape index (κ1) is 17.7. The van der Waals surface area contributed by atoms with Crippen LogP contribution in [0.1, 0.15) is 18.1 Å². The number of nitrogens with one attached hydrogen (secondary N) is 1. The van der Waals surface area contributed by atoms with Crippen LogP contribution in [0, 0.1) is 6.92 Å². The van der Waals surface area contributed by atoms with Crippen LogP contribution in [0.4, 0.5) is 5.69 Å². The van der Waals surface area contributed by atoms with Crippen LogP contribution in [-0.4, -0.2) is 18.0 Å². The maximum atomic E-state index is 12.3. The highest BCUT2D eigenvalue weighted by Gasteiger charge is 2.18. The first-order valence-electron chi connectivity index (χ1n) is 8.56. The van der Waals surface area contributed by atoms with Crippen LogP contribution < -0.4 is 5.32 Å². The standard InChI is InChI=1S/C22H21NO3/c1-15-7-5-11-19(13-15)23-22(25)16(2)26-21(24)14-18-10-6-9-17-8-3-4-12-20(17)18/h3-13,16H,14H2,1-2H3,(H,23,25)/t16-/m0/s1. The van der Waals surface area contributed by atoms with Gasteiger partial charge in [0.2, 0.25) is 0 Å². The van der Waals surface area contributed by atoms with Crippen LogP contribution in [0.3, 0.4) is 0 Å². The molecule has 0 aliphatic carbocycles. The molecule has 0 bridgehead atoms. The van der Waals surface area contributed by atoms with Gasteiger partial charge in [-0.15, -0.1) is 0 Å². The lowest BCUT2D eigenvalue weighted by Gasteiger charge is -2.14. The third kappa shape index (κ3) is 4.28. The fourth-order valence-electron chi connectivity index (χ4n) is 2.86. The maximum Gasteiger partial charge on any atom is 0.311 e. The first-order valence-corrected chi connectivity index (χ1v) is 8.56. The number of carbonyl (C=O) groups is 2. The molecule has 26 heavy (non-hydrogen) atoms. The summed E-state index contributed by atoms with van der Waals surface area (Å²) in [4.78, 5) is 24.5. The Labute approximate surface area is 152 Å². The minimum Gasteiger partial charge on any atom is -0.452 e. The van der Waals surface area contributed by atoms with Gasteiger partial charge >= 0.3 is 5.97 Å². The minimum absolute atomic E-state index is 0.128. The average molecular weight is 347 g/mol.